The number of rotatable bonds is 5. The zero-order valence-corrected chi connectivity index (χ0v) is 13.4. The highest BCUT2D eigenvalue weighted by Gasteiger charge is 2.15. The molecule has 0 aliphatic heterocycles. The summed E-state index contributed by atoms with van der Waals surface area (Å²) in [5.41, 5.74) is 6.98. The number of hydrogen-bond donors (Lipinski definition) is 0. The Kier molecular flexibility index (Phi) is 4.58. The highest BCUT2D eigenvalue weighted by Crippen LogP contribution is 2.35. The Morgan fingerprint density at radius 1 is 1.14 bits per heavy atom. The highest BCUT2D eigenvalue weighted by molar-refractivity contribution is 5.78. The Balaban J connectivity index is 1.88. The molecule has 0 nitrogen and oxygen atoms in total. The van der Waals surface area contributed by atoms with Crippen LogP contribution in [0.2, 0.25) is 0 Å². The second-order valence-corrected chi connectivity index (χ2v) is 6.23. The zero-order valence-electron chi connectivity index (χ0n) is 13.4. The molecule has 0 heteroatoms. The van der Waals surface area contributed by atoms with E-state index in [9.17, 15) is 0 Å². The molecule has 112 valence electrons. The maximum atomic E-state index is 3.79. The smallest absolute Gasteiger partial charge is 0.0109 e. The lowest BCUT2D eigenvalue weighted by molar-refractivity contribution is 0.772. The van der Waals surface area contributed by atoms with Gasteiger partial charge in [0.25, 0.3) is 0 Å². The number of unbranched alkanes of at least 4 members (excludes halogenated alkanes) is 1. The van der Waals surface area contributed by atoms with E-state index in [1.165, 1.54) is 34.2 Å². The second-order valence-electron chi connectivity index (χ2n) is 6.23. The van der Waals surface area contributed by atoms with E-state index >= 15 is 0 Å². The van der Waals surface area contributed by atoms with E-state index in [4.69, 9.17) is 0 Å². The van der Waals surface area contributed by atoms with Crippen LogP contribution in [0.1, 0.15) is 48.8 Å². The monoisotopic (exact) mass is 288 g/mol. The average molecular weight is 288 g/mol. The van der Waals surface area contributed by atoms with Crippen LogP contribution in [0.15, 0.2) is 61.2 Å². The maximum Gasteiger partial charge on any atom is -0.0109 e. The topological polar surface area (TPSA) is 0 Å². The maximum absolute atomic E-state index is 3.79. The Labute approximate surface area is 134 Å². The minimum atomic E-state index is 0.623. The van der Waals surface area contributed by atoms with E-state index in [1.807, 2.05) is 6.08 Å². The van der Waals surface area contributed by atoms with Crippen LogP contribution < -0.4 is 0 Å². The molecule has 0 spiro atoms. The van der Waals surface area contributed by atoms with Crippen LogP contribution in [0.25, 0.3) is 17.2 Å². The molecule has 0 aromatic heterocycles. The van der Waals surface area contributed by atoms with Gasteiger partial charge in [-0.15, -0.1) is 6.58 Å². The summed E-state index contributed by atoms with van der Waals surface area (Å²) in [7, 11) is 0. The van der Waals surface area contributed by atoms with E-state index in [1.54, 1.807) is 0 Å². The standard InChI is InChI=1S/C22H24/c1-3-4-5-9-18-13-15-19(16-14-18)21-11-7-10-20-17(2)8-6-12-22(20)21/h3,6-7,10-17H,1,4-5,8-9H2,2H3. The molecular weight excluding hydrogens is 264 g/mol. The van der Waals surface area contributed by atoms with Crippen molar-refractivity contribution in [1.29, 1.82) is 0 Å². The van der Waals surface area contributed by atoms with E-state index in [-0.39, 0.29) is 0 Å². The van der Waals surface area contributed by atoms with Crippen molar-refractivity contribution in [2.75, 3.05) is 0 Å². The molecule has 2 aromatic rings. The third kappa shape index (κ3) is 3.06. The van der Waals surface area contributed by atoms with Crippen LogP contribution in [0.5, 0.6) is 0 Å². The minimum Gasteiger partial charge on any atom is -0.103 e. The Morgan fingerprint density at radius 2 is 1.95 bits per heavy atom. The summed E-state index contributed by atoms with van der Waals surface area (Å²) in [6.07, 6.45) is 11.2. The predicted octanol–water partition coefficient (Wildman–Crippen LogP) is 6.38. The first-order valence-corrected chi connectivity index (χ1v) is 8.29. The largest absolute Gasteiger partial charge is 0.103 e. The first kappa shape index (κ1) is 14.8. The number of aryl methyl sites for hydroxylation is 1. The number of allylic oxidation sites excluding steroid dienone is 2. The van der Waals surface area contributed by atoms with Gasteiger partial charge in [0.15, 0.2) is 0 Å². The molecule has 0 amide bonds. The predicted molar refractivity (Wildman–Crippen MR) is 97.1 cm³/mol. The Hall–Kier alpha value is -2.08. The SMILES string of the molecule is C=CCCCc1ccc(-c2cccc3c2C=CCC3C)cc1. The van der Waals surface area contributed by atoms with Crippen molar-refractivity contribution in [3.8, 4) is 11.1 Å². The lowest BCUT2D eigenvalue weighted by Gasteiger charge is -2.20. The van der Waals surface area contributed by atoms with Gasteiger partial charge in [0, 0.05) is 0 Å². The van der Waals surface area contributed by atoms with Gasteiger partial charge in [-0.25, -0.2) is 0 Å². The summed E-state index contributed by atoms with van der Waals surface area (Å²) in [5, 5.41) is 0. The molecule has 0 N–H and O–H groups in total. The van der Waals surface area contributed by atoms with Crippen LogP contribution in [-0.2, 0) is 6.42 Å². The molecule has 0 radical (unpaired) electrons. The summed E-state index contributed by atoms with van der Waals surface area (Å²) in [6, 6.07) is 15.8. The molecule has 22 heavy (non-hydrogen) atoms. The van der Waals surface area contributed by atoms with Crippen molar-refractivity contribution in [1.82, 2.24) is 0 Å². The molecule has 1 aliphatic rings. The van der Waals surface area contributed by atoms with Crippen LogP contribution in [0.4, 0.5) is 0 Å². The normalized spacial score (nSPS) is 16.3. The summed E-state index contributed by atoms with van der Waals surface area (Å²) in [5.74, 6) is 0.623. The van der Waals surface area contributed by atoms with E-state index in [0.717, 1.165) is 19.3 Å². The van der Waals surface area contributed by atoms with E-state index in [0.29, 0.717) is 5.92 Å². The van der Waals surface area contributed by atoms with Crippen molar-refractivity contribution in [2.24, 2.45) is 0 Å². The minimum absolute atomic E-state index is 0.623. The molecule has 0 saturated heterocycles. The van der Waals surface area contributed by atoms with Crippen LogP contribution in [0, 0.1) is 0 Å². The molecule has 2 aromatic carbocycles. The van der Waals surface area contributed by atoms with Gasteiger partial charge in [0.1, 0.15) is 0 Å². The van der Waals surface area contributed by atoms with Crippen molar-refractivity contribution >= 4 is 6.08 Å². The highest BCUT2D eigenvalue weighted by atomic mass is 14.2. The van der Waals surface area contributed by atoms with Crippen molar-refractivity contribution < 1.29 is 0 Å². The van der Waals surface area contributed by atoms with Gasteiger partial charge in [-0.2, -0.15) is 0 Å². The van der Waals surface area contributed by atoms with Crippen molar-refractivity contribution in [3.05, 3.63) is 77.9 Å². The summed E-state index contributed by atoms with van der Waals surface area (Å²) >= 11 is 0. The van der Waals surface area contributed by atoms with Crippen LogP contribution in [-0.4, -0.2) is 0 Å². The molecule has 3 rings (SSSR count). The molecule has 0 heterocycles. The van der Waals surface area contributed by atoms with E-state index in [2.05, 4.69) is 68.1 Å². The summed E-state index contributed by atoms with van der Waals surface area (Å²) in [4.78, 5) is 0. The fraction of sp³-hybridized carbons (Fsp3) is 0.273. The molecule has 1 atom stereocenters. The first-order valence-electron chi connectivity index (χ1n) is 8.29. The number of benzene rings is 2. The summed E-state index contributed by atoms with van der Waals surface area (Å²) in [6.45, 7) is 6.10. The molecule has 0 saturated carbocycles. The quantitative estimate of drug-likeness (QED) is 0.442. The van der Waals surface area contributed by atoms with Crippen LogP contribution in [0.3, 0.4) is 0 Å². The lowest BCUT2D eigenvalue weighted by atomic mass is 9.84. The number of hydrogen-bond acceptors (Lipinski definition) is 0. The molecule has 1 unspecified atom stereocenters. The van der Waals surface area contributed by atoms with Gasteiger partial charge in [-0.05, 0) is 59.4 Å². The zero-order chi connectivity index (χ0) is 15.4. The molecule has 0 bridgehead atoms. The fourth-order valence-electron chi connectivity index (χ4n) is 3.27. The van der Waals surface area contributed by atoms with Gasteiger partial charge in [-0.3, -0.25) is 0 Å². The van der Waals surface area contributed by atoms with Crippen LogP contribution >= 0.6 is 0 Å². The average Bonchev–Trinajstić information content (AvgIpc) is 2.56. The van der Waals surface area contributed by atoms with Gasteiger partial charge < -0.3 is 0 Å². The van der Waals surface area contributed by atoms with E-state index < -0.39 is 0 Å². The first-order chi connectivity index (χ1) is 10.8. The Bertz CT molecular complexity index is 674. The lowest BCUT2D eigenvalue weighted by Crippen LogP contribution is -2.01. The van der Waals surface area contributed by atoms with Crippen molar-refractivity contribution in [3.63, 3.8) is 0 Å². The molecule has 1 aliphatic carbocycles. The molecule has 0 fully saturated rings. The third-order valence-corrected chi connectivity index (χ3v) is 4.58. The second kappa shape index (κ2) is 6.79. The number of fused-ring (bicyclic) bond motifs is 1. The van der Waals surface area contributed by atoms with Gasteiger partial charge in [0.05, 0.1) is 0 Å². The Morgan fingerprint density at radius 3 is 2.73 bits per heavy atom. The van der Waals surface area contributed by atoms with Gasteiger partial charge in [-0.1, -0.05) is 67.6 Å². The third-order valence-electron chi connectivity index (χ3n) is 4.58. The van der Waals surface area contributed by atoms with Gasteiger partial charge in [0.2, 0.25) is 0 Å². The summed E-state index contributed by atoms with van der Waals surface area (Å²) < 4.78 is 0. The van der Waals surface area contributed by atoms with Gasteiger partial charge >= 0.3 is 0 Å². The molecular formula is C22H24. The fourth-order valence-corrected chi connectivity index (χ4v) is 3.27. The van der Waals surface area contributed by atoms with Crippen molar-refractivity contribution in [2.45, 2.75) is 38.5 Å².